The van der Waals surface area contributed by atoms with Crippen molar-refractivity contribution in [2.45, 2.75) is 29.1 Å². The Balaban J connectivity index is 2.10. The van der Waals surface area contributed by atoms with Crippen LogP contribution in [-0.2, 0) is 20.9 Å². The molecule has 0 spiro atoms. The lowest BCUT2D eigenvalue weighted by Crippen LogP contribution is -2.31. The number of alkyl halides is 3. The normalized spacial score (nSPS) is 13.0. The van der Waals surface area contributed by atoms with Gasteiger partial charge in [-0.2, -0.15) is 17.9 Å². The minimum atomic E-state index is -4.87. The first-order chi connectivity index (χ1) is 16.8. The molecule has 13 heteroatoms. The zero-order chi connectivity index (χ0) is 26.8. The van der Waals surface area contributed by atoms with Gasteiger partial charge >= 0.3 is 6.18 Å². The van der Waals surface area contributed by atoms with Crippen LogP contribution in [0.3, 0.4) is 0 Å². The molecule has 2 aromatic carbocycles. The molecule has 1 aromatic heterocycles. The van der Waals surface area contributed by atoms with Crippen molar-refractivity contribution < 1.29 is 31.1 Å². The van der Waals surface area contributed by atoms with Gasteiger partial charge in [-0.25, -0.2) is 13.4 Å². The van der Waals surface area contributed by atoms with E-state index in [9.17, 15) is 26.4 Å². The second kappa shape index (κ2) is 11.1. The van der Waals surface area contributed by atoms with Crippen molar-refractivity contribution in [3.05, 3.63) is 86.7 Å². The van der Waals surface area contributed by atoms with Gasteiger partial charge in [0.1, 0.15) is 11.9 Å². The lowest BCUT2D eigenvalue weighted by molar-refractivity contribution is -0.137. The summed E-state index contributed by atoms with van der Waals surface area (Å²) in [5.41, 5.74) is -0.811. The number of ether oxygens (including phenoxy) is 1. The number of benzene rings is 2. The van der Waals surface area contributed by atoms with E-state index in [1.54, 1.807) is 37.4 Å². The maximum Gasteiger partial charge on any atom is 0.417 e. The van der Waals surface area contributed by atoms with Crippen LogP contribution < -0.4 is 4.72 Å². The van der Waals surface area contributed by atoms with Crippen LogP contribution in [0, 0.1) is 6.92 Å². The lowest BCUT2D eigenvalue weighted by Gasteiger charge is -2.21. The number of hydrogen-bond acceptors (Lipinski definition) is 6. The van der Waals surface area contributed by atoms with Crippen LogP contribution in [0.15, 0.2) is 58.3 Å². The summed E-state index contributed by atoms with van der Waals surface area (Å²) >= 11 is 13.2. The summed E-state index contributed by atoms with van der Waals surface area (Å²) in [4.78, 5) is 17.7. The molecular weight excluding hydrogens is 560 g/mol. The number of sulfonamides is 1. The summed E-state index contributed by atoms with van der Waals surface area (Å²) in [6.07, 6.45) is -4.59. The highest BCUT2D eigenvalue weighted by atomic mass is 35.5. The first-order valence-corrected chi connectivity index (χ1v) is 13.5. The van der Waals surface area contributed by atoms with Crippen molar-refractivity contribution in [3.63, 3.8) is 0 Å². The van der Waals surface area contributed by atoms with Crippen LogP contribution >= 0.6 is 35.0 Å². The summed E-state index contributed by atoms with van der Waals surface area (Å²) in [5, 5.41) is -0.522. The van der Waals surface area contributed by atoms with Crippen LogP contribution in [0.1, 0.15) is 39.1 Å². The number of hydrogen-bond donors (Lipinski definition) is 1. The second-order valence-corrected chi connectivity index (χ2v) is 10.8. The zero-order valence-electron chi connectivity index (χ0n) is 19.0. The molecule has 0 fully saturated rings. The smallest absolute Gasteiger partial charge is 0.361 e. The molecule has 0 aliphatic rings. The van der Waals surface area contributed by atoms with E-state index in [2.05, 4.69) is 9.71 Å². The highest BCUT2D eigenvalue weighted by Crippen LogP contribution is 2.36. The Morgan fingerprint density at radius 3 is 2.39 bits per heavy atom. The molecule has 1 N–H and O–H groups in total. The van der Waals surface area contributed by atoms with Crippen molar-refractivity contribution in [1.82, 2.24) is 9.71 Å². The monoisotopic (exact) mass is 578 g/mol. The van der Waals surface area contributed by atoms with Gasteiger partial charge in [-0.1, -0.05) is 35.3 Å². The van der Waals surface area contributed by atoms with Crippen LogP contribution in [0.4, 0.5) is 13.2 Å². The van der Waals surface area contributed by atoms with E-state index in [0.717, 1.165) is 19.2 Å². The predicted molar refractivity (Wildman–Crippen MR) is 132 cm³/mol. The molecule has 36 heavy (non-hydrogen) atoms. The molecule has 1 heterocycles. The third-order valence-electron chi connectivity index (χ3n) is 5.08. The number of methoxy groups -OCH3 is 1. The largest absolute Gasteiger partial charge is 0.417 e. The molecule has 0 saturated carbocycles. The summed E-state index contributed by atoms with van der Waals surface area (Å²) < 4.78 is 73.3. The van der Waals surface area contributed by atoms with Crippen molar-refractivity contribution in [2.75, 3.05) is 13.4 Å². The van der Waals surface area contributed by atoms with E-state index in [1.807, 2.05) is 0 Å². The molecule has 0 aliphatic carbocycles. The first-order valence-electron chi connectivity index (χ1n) is 10.1. The van der Waals surface area contributed by atoms with E-state index >= 15 is 0 Å². The van der Waals surface area contributed by atoms with Crippen LogP contribution in [0.25, 0.3) is 0 Å². The number of halogens is 5. The van der Waals surface area contributed by atoms with Crippen LogP contribution in [0.5, 0.6) is 0 Å². The Morgan fingerprint density at radius 1 is 1.11 bits per heavy atom. The van der Waals surface area contributed by atoms with E-state index in [-0.39, 0.29) is 16.3 Å². The van der Waals surface area contributed by atoms with Gasteiger partial charge < -0.3 is 4.74 Å². The highest BCUT2D eigenvalue weighted by molar-refractivity contribution is 7.98. The standard InChI is InChI=1S/C23H19Cl2F3N2O4S2/c1-12-18(25)11-15(20(29-12)21(31)14-6-4-5-7-19(14)35-3)22(34-2)30-36(32,33)13-8-9-17(24)16(10-13)23(26,27)28/h4-11,22,30H,1-3H3. The molecule has 1 atom stereocenters. The van der Waals surface area contributed by atoms with Crippen molar-refractivity contribution in [3.8, 4) is 0 Å². The fraction of sp³-hybridized carbons (Fsp3) is 0.217. The van der Waals surface area contributed by atoms with Gasteiger partial charge in [0.05, 0.1) is 26.2 Å². The Morgan fingerprint density at radius 2 is 1.78 bits per heavy atom. The molecule has 0 amide bonds. The summed E-state index contributed by atoms with van der Waals surface area (Å²) in [5.74, 6) is -0.512. The molecule has 3 aromatic rings. The molecule has 0 radical (unpaired) electrons. The molecule has 0 saturated heterocycles. The molecule has 0 aliphatic heterocycles. The fourth-order valence-electron chi connectivity index (χ4n) is 3.27. The van der Waals surface area contributed by atoms with E-state index < -0.39 is 43.7 Å². The number of carbonyl (C=O) groups is 1. The first kappa shape index (κ1) is 28.4. The molecule has 192 valence electrons. The third-order valence-corrected chi connectivity index (χ3v) is 7.99. The number of thioether (sulfide) groups is 1. The summed E-state index contributed by atoms with van der Waals surface area (Å²) in [7, 11) is -3.42. The number of aromatic nitrogens is 1. The summed E-state index contributed by atoms with van der Waals surface area (Å²) in [6, 6.07) is 10.3. The minimum absolute atomic E-state index is 0.0115. The maximum atomic E-state index is 13.5. The lowest BCUT2D eigenvalue weighted by atomic mass is 10.0. The minimum Gasteiger partial charge on any atom is -0.361 e. The Labute approximate surface area is 220 Å². The molecule has 6 nitrogen and oxygen atoms in total. The molecule has 0 bridgehead atoms. The van der Waals surface area contributed by atoms with E-state index in [1.165, 1.54) is 17.8 Å². The van der Waals surface area contributed by atoms with Crippen LogP contribution in [-0.4, -0.2) is 32.6 Å². The average molecular weight is 579 g/mol. The van der Waals surface area contributed by atoms with Gasteiger partial charge in [0.2, 0.25) is 15.8 Å². The number of carbonyl (C=O) groups excluding carboxylic acids is 1. The number of aryl methyl sites for hydroxylation is 1. The highest BCUT2D eigenvalue weighted by Gasteiger charge is 2.35. The predicted octanol–water partition coefficient (Wildman–Crippen LogP) is 6.29. The number of ketones is 1. The average Bonchev–Trinajstić information content (AvgIpc) is 2.83. The Hall–Kier alpha value is -2.15. The molecule has 3 rings (SSSR count). The van der Waals surface area contributed by atoms with Gasteiger partial charge in [-0.05, 0) is 49.6 Å². The molecular formula is C23H19Cl2F3N2O4S2. The van der Waals surface area contributed by atoms with Crippen molar-refractivity contribution in [1.29, 1.82) is 0 Å². The Bertz CT molecular complexity index is 1420. The van der Waals surface area contributed by atoms with E-state index in [0.29, 0.717) is 22.2 Å². The van der Waals surface area contributed by atoms with Gasteiger partial charge in [0, 0.05) is 23.1 Å². The fourth-order valence-corrected chi connectivity index (χ4v) is 5.41. The third kappa shape index (κ3) is 6.04. The van der Waals surface area contributed by atoms with Gasteiger partial charge in [0.25, 0.3) is 0 Å². The number of pyridine rings is 1. The van der Waals surface area contributed by atoms with Gasteiger partial charge in [-0.3, -0.25) is 4.79 Å². The zero-order valence-corrected chi connectivity index (χ0v) is 22.1. The Kier molecular flexibility index (Phi) is 8.74. The van der Waals surface area contributed by atoms with Gasteiger partial charge in [0.15, 0.2) is 0 Å². The number of rotatable bonds is 8. The number of nitrogens with zero attached hydrogens (tertiary/aromatic N) is 1. The van der Waals surface area contributed by atoms with Crippen molar-refractivity contribution in [2.24, 2.45) is 0 Å². The van der Waals surface area contributed by atoms with E-state index in [4.69, 9.17) is 27.9 Å². The molecule has 1 unspecified atom stereocenters. The van der Waals surface area contributed by atoms with Crippen molar-refractivity contribution >= 4 is 50.8 Å². The second-order valence-electron chi connectivity index (χ2n) is 7.40. The van der Waals surface area contributed by atoms with Crippen LogP contribution in [0.2, 0.25) is 10.0 Å². The SMILES string of the molecule is COC(NS(=O)(=O)c1ccc(Cl)c(C(F)(F)F)c1)c1cc(Cl)c(C)nc1C(=O)c1ccccc1SC. The van der Waals surface area contributed by atoms with Gasteiger partial charge in [-0.15, -0.1) is 11.8 Å². The topological polar surface area (TPSA) is 85.4 Å². The summed E-state index contributed by atoms with van der Waals surface area (Å²) in [6.45, 7) is 1.57. The maximum absolute atomic E-state index is 13.5. The quantitative estimate of drug-likeness (QED) is 0.192. The number of nitrogens with one attached hydrogen (secondary N) is 1.